The average Bonchev–Trinajstić information content (AvgIpc) is 3.08. The van der Waals surface area contributed by atoms with Gasteiger partial charge in [0.15, 0.2) is 5.82 Å². The third-order valence-corrected chi connectivity index (χ3v) is 5.17. The second-order valence-electron chi connectivity index (χ2n) is 5.95. The van der Waals surface area contributed by atoms with Gasteiger partial charge in [-0.05, 0) is 19.1 Å². The molecule has 0 aliphatic carbocycles. The molecule has 0 aliphatic heterocycles. The third kappa shape index (κ3) is 3.92. The lowest BCUT2D eigenvalue weighted by atomic mass is 10.2. The highest BCUT2D eigenvalue weighted by atomic mass is 35.5. The van der Waals surface area contributed by atoms with E-state index < -0.39 is 27.2 Å². The van der Waals surface area contributed by atoms with Crippen LogP contribution < -0.4 is 10.3 Å². The molecule has 3 aromatic rings. The molecule has 11 heteroatoms. The summed E-state index contributed by atoms with van der Waals surface area (Å²) in [5, 5.41) is -0.290. The van der Waals surface area contributed by atoms with Gasteiger partial charge < -0.3 is 4.74 Å². The highest BCUT2D eigenvalue weighted by molar-refractivity contribution is 7.89. The largest absolute Gasteiger partial charge is 0.487 e. The Bertz CT molecular complexity index is 1220. The molecule has 2 aromatic heterocycles. The van der Waals surface area contributed by atoms with E-state index in [0.29, 0.717) is 5.69 Å². The van der Waals surface area contributed by atoms with Crippen molar-refractivity contribution < 1.29 is 21.9 Å². The molecule has 0 unspecified atom stereocenters. The molecular formula is C17H14ClF2N3O4S. The van der Waals surface area contributed by atoms with Crippen LogP contribution in [0.3, 0.4) is 0 Å². The van der Waals surface area contributed by atoms with Crippen molar-refractivity contribution in [2.75, 3.05) is 6.26 Å². The molecule has 0 saturated carbocycles. The molecule has 0 atom stereocenters. The van der Waals surface area contributed by atoms with Gasteiger partial charge in [-0.15, -0.1) is 0 Å². The van der Waals surface area contributed by atoms with Crippen LogP contribution in [-0.2, 0) is 16.6 Å². The minimum absolute atomic E-state index is 0.00619. The number of hydrogen-bond donors (Lipinski definition) is 0. The summed E-state index contributed by atoms with van der Waals surface area (Å²) < 4.78 is 57.2. The quantitative estimate of drug-likeness (QED) is 0.622. The predicted octanol–water partition coefficient (Wildman–Crippen LogP) is 2.66. The summed E-state index contributed by atoms with van der Waals surface area (Å²) >= 11 is 6.08. The van der Waals surface area contributed by atoms with E-state index >= 15 is 0 Å². The summed E-state index contributed by atoms with van der Waals surface area (Å²) in [6, 6.07) is 4.47. The summed E-state index contributed by atoms with van der Waals surface area (Å²) in [5.74, 6) is -1.43. The van der Waals surface area contributed by atoms with Crippen molar-refractivity contribution in [3.05, 3.63) is 75.1 Å². The van der Waals surface area contributed by atoms with Crippen molar-refractivity contribution in [2.24, 2.45) is 0 Å². The Kier molecular flexibility index (Phi) is 5.26. The maximum absolute atomic E-state index is 13.7. The topological polar surface area (TPSA) is 83.2 Å². The summed E-state index contributed by atoms with van der Waals surface area (Å²) in [6.45, 7) is 1.31. The molecule has 0 saturated heterocycles. The maximum atomic E-state index is 13.7. The Hall–Kier alpha value is -2.72. The van der Waals surface area contributed by atoms with Crippen molar-refractivity contribution in [1.29, 1.82) is 0 Å². The summed E-state index contributed by atoms with van der Waals surface area (Å²) in [6.07, 6.45) is 3.23. The molecule has 0 aliphatic rings. The van der Waals surface area contributed by atoms with Gasteiger partial charge in [-0.3, -0.25) is 9.36 Å². The Morgan fingerprint density at radius 1 is 1.25 bits per heavy atom. The molecule has 148 valence electrons. The molecule has 2 heterocycles. The van der Waals surface area contributed by atoms with Crippen LogP contribution in [0.4, 0.5) is 8.78 Å². The number of ether oxygens (including phenoxy) is 1. The van der Waals surface area contributed by atoms with Gasteiger partial charge in [-0.1, -0.05) is 11.6 Å². The number of imidazole rings is 1. The van der Waals surface area contributed by atoms with Crippen LogP contribution in [-0.4, -0.2) is 28.2 Å². The van der Waals surface area contributed by atoms with E-state index in [1.807, 2.05) is 0 Å². The number of aryl methyl sites for hydroxylation is 1. The molecule has 28 heavy (non-hydrogen) atoms. The molecular weight excluding hydrogens is 416 g/mol. The van der Waals surface area contributed by atoms with E-state index in [0.717, 1.165) is 33.3 Å². The van der Waals surface area contributed by atoms with Crippen LogP contribution in [0, 0.1) is 18.6 Å². The van der Waals surface area contributed by atoms with Crippen LogP contribution in [0.1, 0.15) is 11.3 Å². The molecule has 3 rings (SSSR count). The van der Waals surface area contributed by atoms with Crippen molar-refractivity contribution in [2.45, 2.75) is 13.5 Å². The number of pyridine rings is 1. The normalized spacial score (nSPS) is 11.6. The van der Waals surface area contributed by atoms with Gasteiger partial charge in [0.2, 0.25) is 10.0 Å². The van der Waals surface area contributed by atoms with E-state index in [9.17, 15) is 22.0 Å². The maximum Gasteiger partial charge on any atom is 0.279 e. The Balaban J connectivity index is 1.94. The highest BCUT2D eigenvalue weighted by Crippen LogP contribution is 2.24. The first-order valence-electron chi connectivity index (χ1n) is 7.81. The predicted molar refractivity (Wildman–Crippen MR) is 98.5 cm³/mol. The van der Waals surface area contributed by atoms with E-state index in [2.05, 4.69) is 4.98 Å². The Morgan fingerprint density at radius 3 is 2.57 bits per heavy atom. The van der Waals surface area contributed by atoms with Crippen LogP contribution in [0.2, 0.25) is 5.02 Å². The molecule has 0 fully saturated rings. The second-order valence-corrected chi connectivity index (χ2v) is 8.22. The summed E-state index contributed by atoms with van der Waals surface area (Å²) in [4.78, 5) is 16.5. The van der Waals surface area contributed by atoms with Gasteiger partial charge in [0.05, 0.1) is 12.5 Å². The smallest absolute Gasteiger partial charge is 0.279 e. The number of nitrogens with zero attached hydrogens (tertiary/aromatic N) is 3. The molecule has 0 amide bonds. The first-order chi connectivity index (χ1) is 13.1. The lowest BCUT2D eigenvalue weighted by molar-refractivity contribution is 0.298. The molecule has 0 spiro atoms. The van der Waals surface area contributed by atoms with Gasteiger partial charge in [-0.2, -0.15) is 0 Å². The van der Waals surface area contributed by atoms with Gasteiger partial charge in [0.1, 0.15) is 35.3 Å². The van der Waals surface area contributed by atoms with Crippen LogP contribution in [0.25, 0.3) is 5.82 Å². The van der Waals surface area contributed by atoms with Crippen molar-refractivity contribution in [1.82, 2.24) is 13.5 Å². The van der Waals surface area contributed by atoms with Gasteiger partial charge in [0, 0.05) is 23.4 Å². The van der Waals surface area contributed by atoms with E-state index in [1.165, 1.54) is 18.3 Å². The zero-order valence-electron chi connectivity index (χ0n) is 14.7. The minimum atomic E-state index is -3.56. The molecule has 0 bridgehead atoms. The lowest BCUT2D eigenvalue weighted by Crippen LogP contribution is -2.22. The van der Waals surface area contributed by atoms with Crippen molar-refractivity contribution in [3.63, 3.8) is 0 Å². The number of benzene rings is 1. The van der Waals surface area contributed by atoms with Gasteiger partial charge in [0.25, 0.3) is 5.56 Å². The number of halogens is 3. The molecule has 7 nitrogen and oxygen atoms in total. The zero-order chi connectivity index (χ0) is 20.6. The van der Waals surface area contributed by atoms with Crippen molar-refractivity contribution >= 4 is 21.6 Å². The fourth-order valence-corrected chi connectivity index (χ4v) is 3.16. The zero-order valence-corrected chi connectivity index (χ0v) is 16.3. The fraction of sp³-hybridized carbons (Fsp3) is 0.176. The summed E-state index contributed by atoms with van der Waals surface area (Å²) in [5.41, 5.74) is -0.232. The fourth-order valence-electron chi connectivity index (χ4n) is 2.46. The van der Waals surface area contributed by atoms with Gasteiger partial charge >= 0.3 is 0 Å². The number of aromatic nitrogens is 3. The molecule has 0 radical (unpaired) electrons. The SMILES string of the molecule is Cc1cc(OCc2ccc(F)cc2F)c(Cl)c(=O)n1-c1cn(S(C)(=O)=O)cn1. The standard InChI is InChI=1S/C17H14ClF2N3O4S/c1-10-5-14(27-8-11-3-4-12(19)6-13(11)20)16(18)17(24)23(10)15-7-22(9-21-15)28(2,25)26/h3-7,9H,8H2,1-2H3. The second kappa shape index (κ2) is 7.36. The van der Waals surface area contributed by atoms with Gasteiger partial charge in [-0.25, -0.2) is 26.2 Å². The minimum Gasteiger partial charge on any atom is -0.487 e. The molecule has 0 N–H and O–H groups in total. The van der Waals surface area contributed by atoms with Crippen LogP contribution in [0.15, 0.2) is 41.6 Å². The average molecular weight is 430 g/mol. The highest BCUT2D eigenvalue weighted by Gasteiger charge is 2.17. The number of rotatable bonds is 5. The van der Waals surface area contributed by atoms with E-state index in [1.54, 1.807) is 6.92 Å². The first-order valence-corrected chi connectivity index (χ1v) is 10.0. The summed E-state index contributed by atoms with van der Waals surface area (Å²) in [7, 11) is -3.56. The van der Waals surface area contributed by atoms with E-state index in [-0.39, 0.29) is 28.8 Å². The van der Waals surface area contributed by atoms with Crippen molar-refractivity contribution in [3.8, 4) is 11.6 Å². The lowest BCUT2D eigenvalue weighted by Gasteiger charge is -2.13. The number of hydrogen-bond acceptors (Lipinski definition) is 5. The Morgan fingerprint density at radius 2 is 1.96 bits per heavy atom. The van der Waals surface area contributed by atoms with Crippen LogP contribution >= 0.6 is 11.6 Å². The Labute approximate surface area is 163 Å². The third-order valence-electron chi connectivity index (χ3n) is 3.86. The van der Waals surface area contributed by atoms with Crippen LogP contribution in [0.5, 0.6) is 5.75 Å². The van der Waals surface area contributed by atoms with E-state index in [4.69, 9.17) is 16.3 Å². The monoisotopic (exact) mass is 429 g/mol. The first kappa shape index (κ1) is 20.0. The molecule has 1 aromatic carbocycles.